The highest BCUT2D eigenvalue weighted by Crippen LogP contribution is 2.20. The second kappa shape index (κ2) is 5.76. The fraction of sp³-hybridized carbons (Fsp3) is 0.111. The zero-order valence-electron chi connectivity index (χ0n) is 12.7. The van der Waals surface area contributed by atoms with E-state index >= 15 is 0 Å². The quantitative estimate of drug-likeness (QED) is 0.763. The van der Waals surface area contributed by atoms with Crippen LogP contribution in [0.3, 0.4) is 0 Å². The normalized spacial score (nSPS) is 10.8. The molecular weight excluding hydrogens is 298 g/mol. The van der Waals surface area contributed by atoms with Crippen molar-refractivity contribution in [3.05, 3.63) is 70.9 Å². The van der Waals surface area contributed by atoms with E-state index in [9.17, 15) is 13.6 Å². The number of halogens is 2. The van der Waals surface area contributed by atoms with E-state index in [0.717, 1.165) is 28.6 Å². The van der Waals surface area contributed by atoms with Gasteiger partial charge in [0.1, 0.15) is 11.6 Å². The Morgan fingerprint density at radius 1 is 1.04 bits per heavy atom. The summed E-state index contributed by atoms with van der Waals surface area (Å²) < 4.78 is 26.6. The zero-order chi connectivity index (χ0) is 16.6. The number of hydrogen-bond donors (Lipinski definition) is 1. The van der Waals surface area contributed by atoms with Crippen LogP contribution in [-0.4, -0.2) is 10.9 Å². The summed E-state index contributed by atoms with van der Waals surface area (Å²) in [6.45, 7) is 3.67. The van der Waals surface area contributed by atoms with Gasteiger partial charge in [-0.05, 0) is 44.2 Å². The molecule has 1 heterocycles. The van der Waals surface area contributed by atoms with Crippen molar-refractivity contribution >= 4 is 22.5 Å². The van der Waals surface area contributed by atoms with Gasteiger partial charge in [-0.1, -0.05) is 11.6 Å². The van der Waals surface area contributed by atoms with Crippen LogP contribution >= 0.6 is 0 Å². The van der Waals surface area contributed by atoms with E-state index in [4.69, 9.17) is 0 Å². The van der Waals surface area contributed by atoms with E-state index in [1.165, 1.54) is 6.07 Å². The van der Waals surface area contributed by atoms with Crippen molar-refractivity contribution in [1.29, 1.82) is 0 Å². The minimum Gasteiger partial charge on any atom is -0.319 e. The molecule has 0 unspecified atom stereocenters. The molecule has 3 nitrogen and oxygen atoms in total. The first-order chi connectivity index (χ1) is 10.9. The van der Waals surface area contributed by atoms with Gasteiger partial charge >= 0.3 is 0 Å². The largest absolute Gasteiger partial charge is 0.319 e. The lowest BCUT2D eigenvalue weighted by Crippen LogP contribution is -2.15. The first-order valence-electron chi connectivity index (χ1n) is 7.08. The third-order valence-corrected chi connectivity index (χ3v) is 3.58. The van der Waals surface area contributed by atoms with Crippen LogP contribution < -0.4 is 5.32 Å². The van der Waals surface area contributed by atoms with Gasteiger partial charge in [-0.25, -0.2) is 8.78 Å². The molecule has 0 aliphatic carbocycles. The van der Waals surface area contributed by atoms with Crippen molar-refractivity contribution in [3.63, 3.8) is 0 Å². The lowest BCUT2D eigenvalue weighted by atomic mass is 10.1. The highest BCUT2D eigenvalue weighted by molar-refractivity contribution is 6.06. The first-order valence-corrected chi connectivity index (χ1v) is 7.08. The average Bonchev–Trinajstić information content (AvgIpc) is 2.49. The fourth-order valence-electron chi connectivity index (χ4n) is 2.40. The summed E-state index contributed by atoms with van der Waals surface area (Å²) in [7, 11) is 0. The number of carbonyl (C=O) groups excluding carboxylic acids is 1. The molecule has 0 aliphatic heterocycles. The van der Waals surface area contributed by atoms with E-state index in [1.807, 2.05) is 25.1 Å². The number of pyridine rings is 1. The Kier molecular flexibility index (Phi) is 3.78. The monoisotopic (exact) mass is 312 g/mol. The maximum Gasteiger partial charge on any atom is 0.257 e. The number of aromatic nitrogens is 1. The third-order valence-electron chi connectivity index (χ3n) is 3.58. The predicted molar refractivity (Wildman–Crippen MR) is 85.5 cm³/mol. The van der Waals surface area contributed by atoms with Gasteiger partial charge in [0.25, 0.3) is 5.91 Å². The van der Waals surface area contributed by atoms with Crippen LogP contribution in [0.1, 0.15) is 21.6 Å². The van der Waals surface area contributed by atoms with E-state index in [1.54, 1.807) is 13.0 Å². The maximum atomic E-state index is 13.7. The van der Waals surface area contributed by atoms with Gasteiger partial charge in [-0.3, -0.25) is 9.78 Å². The smallest absolute Gasteiger partial charge is 0.257 e. The molecule has 0 atom stereocenters. The number of benzene rings is 2. The number of aryl methyl sites for hydroxylation is 2. The van der Waals surface area contributed by atoms with Crippen LogP contribution in [0.25, 0.3) is 10.9 Å². The molecule has 1 amide bonds. The summed E-state index contributed by atoms with van der Waals surface area (Å²) in [5.74, 6) is -2.00. The van der Waals surface area contributed by atoms with E-state index < -0.39 is 17.5 Å². The number of amides is 1. The molecule has 0 saturated heterocycles. The second-order valence-corrected chi connectivity index (χ2v) is 5.40. The molecule has 23 heavy (non-hydrogen) atoms. The molecule has 1 N–H and O–H groups in total. The van der Waals surface area contributed by atoms with Crippen molar-refractivity contribution < 1.29 is 13.6 Å². The van der Waals surface area contributed by atoms with Gasteiger partial charge in [0, 0.05) is 11.5 Å². The van der Waals surface area contributed by atoms with Crippen molar-refractivity contribution in [1.82, 2.24) is 4.98 Å². The topological polar surface area (TPSA) is 42.0 Å². The molecule has 0 saturated carbocycles. The number of anilines is 1. The Bertz CT molecular complexity index is 922. The number of carbonyl (C=O) groups is 1. The lowest BCUT2D eigenvalue weighted by Gasteiger charge is -2.10. The van der Waals surface area contributed by atoms with Crippen LogP contribution in [0, 0.1) is 25.5 Å². The Morgan fingerprint density at radius 2 is 1.83 bits per heavy atom. The Morgan fingerprint density at radius 3 is 2.57 bits per heavy atom. The summed E-state index contributed by atoms with van der Waals surface area (Å²) in [5, 5.41) is 3.29. The van der Waals surface area contributed by atoms with E-state index in [2.05, 4.69) is 10.3 Å². The molecule has 3 rings (SSSR count). The molecule has 0 spiro atoms. The number of nitrogens with one attached hydrogen (secondary N) is 1. The van der Waals surface area contributed by atoms with Gasteiger partial charge in [-0.2, -0.15) is 0 Å². The summed E-state index contributed by atoms with van der Waals surface area (Å²) in [6, 6.07) is 10.5. The van der Waals surface area contributed by atoms with Crippen molar-refractivity contribution in [2.75, 3.05) is 5.32 Å². The molecule has 0 radical (unpaired) electrons. The van der Waals surface area contributed by atoms with Crippen molar-refractivity contribution in [2.24, 2.45) is 0 Å². The number of nitrogens with zero attached hydrogens (tertiary/aromatic N) is 1. The molecule has 1 aromatic heterocycles. The van der Waals surface area contributed by atoms with E-state index in [-0.39, 0.29) is 5.69 Å². The summed E-state index contributed by atoms with van der Waals surface area (Å²) >= 11 is 0. The highest BCUT2D eigenvalue weighted by Gasteiger charge is 2.14. The van der Waals surface area contributed by atoms with Crippen LogP contribution in [-0.2, 0) is 0 Å². The summed E-state index contributed by atoms with van der Waals surface area (Å²) in [6.07, 6.45) is 0. The molecule has 5 heteroatoms. The molecule has 2 aromatic carbocycles. The summed E-state index contributed by atoms with van der Waals surface area (Å²) in [4.78, 5) is 16.8. The van der Waals surface area contributed by atoms with Crippen LogP contribution in [0.5, 0.6) is 0 Å². The Labute approximate surface area is 132 Å². The van der Waals surface area contributed by atoms with Gasteiger partial charge in [0.15, 0.2) is 0 Å². The molecular formula is C18H14F2N2O. The minimum atomic E-state index is -0.819. The van der Waals surface area contributed by atoms with Gasteiger partial charge < -0.3 is 5.32 Å². The van der Waals surface area contributed by atoms with Crippen LogP contribution in [0.15, 0.2) is 42.5 Å². The first kappa shape index (κ1) is 15.1. The SMILES string of the molecule is Cc1ccc2nc(C)c(C(=O)Nc3ccc(F)cc3F)cc2c1. The van der Waals surface area contributed by atoms with Gasteiger partial charge in [-0.15, -0.1) is 0 Å². The minimum absolute atomic E-state index is 0.0693. The fourth-order valence-corrected chi connectivity index (χ4v) is 2.40. The van der Waals surface area contributed by atoms with Gasteiger partial charge in [0.05, 0.1) is 22.5 Å². The average molecular weight is 312 g/mol. The zero-order valence-corrected chi connectivity index (χ0v) is 12.7. The molecule has 3 aromatic rings. The maximum absolute atomic E-state index is 13.7. The molecule has 116 valence electrons. The lowest BCUT2D eigenvalue weighted by molar-refractivity contribution is 0.102. The van der Waals surface area contributed by atoms with Gasteiger partial charge in [0.2, 0.25) is 0 Å². The van der Waals surface area contributed by atoms with Crippen molar-refractivity contribution in [2.45, 2.75) is 13.8 Å². The van der Waals surface area contributed by atoms with E-state index in [0.29, 0.717) is 11.3 Å². The highest BCUT2D eigenvalue weighted by atomic mass is 19.1. The Hall–Kier alpha value is -2.82. The van der Waals surface area contributed by atoms with Crippen LogP contribution in [0.2, 0.25) is 0 Å². The second-order valence-electron chi connectivity index (χ2n) is 5.40. The van der Waals surface area contributed by atoms with Crippen LogP contribution in [0.4, 0.5) is 14.5 Å². The van der Waals surface area contributed by atoms with Crippen molar-refractivity contribution in [3.8, 4) is 0 Å². The predicted octanol–water partition coefficient (Wildman–Crippen LogP) is 4.38. The molecule has 0 bridgehead atoms. The standard InChI is InChI=1S/C18H14F2N2O/c1-10-3-5-16-12(7-10)8-14(11(2)21-16)18(23)22-17-6-4-13(19)9-15(17)20/h3-9H,1-2H3,(H,22,23). The number of fused-ring (bicyclic) bond motifs is 1. The molecule has 0 aliphatic rings. The summed E-state index contributed by atoms with van der Waals surface area (Å²) in [5.41, 5.74) is 2.67. The third kappa shape index (κ3) is 3.04. The number of hydrogen-bond acceptors (Lipinski definition) is 2. The number of rotatable bonds is 2. The Balaban J connectivity index is 1.98. The molecule has 0 fully saturated rings.